The molecule has 0 spiro atoms. The fraction of sp³-hybridized carbons (Fsp3) is 0.636. The van der Waals surface area contributed by atoms with E-state index >= 15 is 0 Å². The molecule has 0 atom stereocenters. The summed E-state index contributed by atoms with van der Waals surface area (Å²) in [5.41, 5.74) is 1.28. The van der Waals surface area contributed by atoms with Crippen molar-refractivity contribution < 1.29 is 0 Å². The van der Waals surface area contributed by atoms with Gasteiger partial charge in [0.25, 0.3) is 0 Å². The molecule has 2 nitrogen and oxygen atoms in total. The lowest BCUT2D eigenvalue weighted by molar-refractivity contribution is 0.235. The van der Waals surface area contributed by atoms with Crippen LogP contribution in [0.1, 0.15) is 15.3 Å². The molecule has 0 radical (unpaired) electrons. The van der Waals surface area contributed by atoms with E-state index in [1.807, 2.05) is 11.3 Å². The number of rotatable bonds is 2. The summed E-state index contributed by atoms with van der Waals surface area (Å²) in [6, 6.07) is 0. The summed E-state index contributed by atoms with van der Waals surface area (Å²) in [7, 11) is 0. The first-order valence-electron chi connectivity index (χ1n) is 5.36. The molecule has 2 rings (SSSR count). The number of hydrogen-bond acceptors (Lipinski definition) is 3. The standard InChI is InChI=1S/C11H17ClN2S/c1-8-10(15-9(2)11(8)12)7-14-5-3-13-4-6-14/h13H,3-7H2,1-2H3. The van der Waals surface area contributed by atoms with Crippen LogP contribution >= 0.6 is 22.9 Å². The molecule has 0 bridgehead atoms. The molecule has 1 fully saturated rings. The Morgan fingerprint density at radius 3 is 2.53 bits per heavy atom. The van der Waals surface area contributed by atoms with Crippen molar-refractivity contribution >= 4 is 22.9 Å². The third-order valence-electron chi connectivity index (χ3n) is 2.91. The second kappa shape index (κ2) is 4.83. The number of aryl methyl sites for hydroxylation is 1. The van der Waals surface area contributed by atoms with E-state index in [-0.39, 0.29) is 0 Å². The van der Waals surface area contributed by atoms with Gasteiger partial charge in [-0.2, -0.15) is 0 Å². The third-order valence-corrected chi connectivity index (χ3v) is 4.78. The largest absolute Gasteiger partial charge is 0.314 e. The van der Waals surface area contributed by atoms with Crippen molar-refractivity contribution in [2.24, 2.45) is 0 Å². The zero-order valence-electron chi connectivity index (χ0n) is 9.27. The molecule has 1 aliphatic heterocycles. The minimum absolute atomic E-state index is 0.963. The number of halogens is 1. The molecular weight excluding hydrogens is 228 g/mol. The summed E-state index contributed by atoms with van der Waals surface area (Å²) >= 11 is 8.04. The van der Waals surface area contributed by atoms with Crippen molar-refractivity contribution in [2.45, 2.75) is 20.4 Å². The lowest BCUT2D eigenvalue weighted by atomic mass is 10.2. The zero-order chi connectivity index (χ0) is 10.8. The lowest BCUT2D eigenvalue weighted by Gasteiger charge is -2.26. The van der Waals surface area contributed by atoms with E-state index in [0.29, 0.717) is 0 Å². The van der Waals surface area contributed by atoms with Crippen LogP contribution in [-0.4, -0.2) is 31.1 Å². The maximum Gasteiger partial charge on any atom is 0.0574 e. The summed E-state index contributed by atoms with van der Waals surface area (Å²) in [5.74, 6) is 0. The summed E-state index contributed by atoms with van der Waals surface area (Å²) in [5, 5.41) is 4.33. The first kappa shape index (κ1) is 11.4. The average molecular weight is 245 g/mol. The Hall–Kier alpha value is -0.0900. The summed E-state index contributed by atoms with van der Waals surface area (Å²) in [4.78, 5) is 5.17. The predicted octanol–water partition coefficient (Wildman–Crippen LogP) is 2.42. The highest BCUT2D eigenvalue weighted by atomic mass is 35.5. The molecule has 0 amide bonds. The van der Waals surface area contributed by atoms with E-state index in [0.717, 1.165) is 37.7 Å². The van der Waals surface area contributed by atoms with Crippen LogP contribution < -0.4 is 5.32 Å². The maximum absolute atomic E-state index is 6.20. The second-order valence-electron chi connectivity index (χ2n) is 4.05. The average Bonchev–Trinajstić information content (AvgIpc) is 2.48. The Morgan fingerprint density at radius 1 is 1.33 bits per heavy atom. The van der Waals surface area contributed by atoms with Crippen molar-refractivity contribution in [3.8, 4) is 0 Å². The third kappa shape index (κ3) is 2.53. The molecule has 0 aliphatic carbocycles. The first-order chi connectivity index (χ1) is 7.18. The molecule has 0 unspecified atom stereocenters. The Balaban J connectivity index is 2.06. The van der Waals surface area contributed by atoms with Gasteiger partial charge < -0.3 is 5.32 Å². The van der Waals surface area contributed by atoms with E-state index < -0.39 is 0 Å². The number of nitrogens with zero attached hydrogens (tertiary/aromatic N) is 1. The van der Waals surface area contributed by atoms with Crippen LogP contribution in [0.5, 0.6) is 0 Å². The van der Waals surface area contributed by atoms with Gasteiger partial charge in [-0.05, 0) is 19.4 Å². The Labute approximate surface area is 100 Å². The van der Waals surface area contributed by atoms with Gasteiger partial charge in [0.2, 0.25) is 0 Å². The van der Waals surface area contributed by atoms with Crippen LogP contribution in [0, 0.1) is 13.8 Å². The van der Waals surface area contributed by atoms with Crippen LogP contribution in [0.15, 0.2) is 0 Å². The Morgan fingerprint density at radius 2 is 2.00 bits per heavy atom. The van der Waals surface area contributed by atoms with E-state index in [1.54, 1.807) is 0 Å². The molecule has 1 N–H and O–H groups in total. The molecule has 1 saturated heterocycles. The fourth-order valence-electron chi connectivity index (χ4n) is 1.92. The number of hydrogen-bond donors (Lipinski definition) is 1. The van der Waals surface area contributed by atoms with Gasteiger partial charge in [-0.25, -0.2) is 0 Å². The molecule has 0 saturated carbocycles. The highest BCUT2D eigenvalue weighted by Crippen LogP contribution is 2.32. The fourth-order valence-corrected chi connectivity index (χ4v) is 3.32. The highest BCUT2D eigenvalue weighted by molar-refractivity contribution is 7.12. The van der Waals surface area contributed by atoms with Gasteiger partial charge in [0.05, 0.1) is 5.02 Å². The smallest absolute Gasteiger partial charge is 0.0574 e. The lowest BCUT2D eigenvalue weighted by Crippen LogP contribution is -2.42. The molecule has 15 heavy (non-hydrogen) atoms. The minimum Gasteiger partial charge on any atom is -0.314 e. The van der Waals surface area contributed by atoms with E-state index in [1.165, 1.54) is 15.3 Å². The maximum atomic E-state index is 6.20. The van der Waals surface area contributed by atoms with Crippen LogP contribution in [0.4, 0.5) is 0 Å². The first-order valence-corrected chi connectivity index (χ1v) is 6.55. The molecule has 2 heterocycles. The van der Waals surface area contributed by atoms with Gasteiger partial charge in [-0.15, -0.1) is 11.3 Å². The number of thiophene rings is 1. The van der Waals surface area contributed by atoms with E-state index in [4.69, 9.17) is 11.6 Å². The SMILES string of the molecule is Cc1sc(CN2CCNCC2)c(C)c1Cl. The van der Waals surface area contributed by atoms with Gasteiger partial charge in [-0.1, -0.05) is 11.6 Å². The zero-order valence-corrected chi connectivity index (χ0v) is 10.8. The molecule has 84 valence electrons. The van der Waals surface area contributed by atoms with Crippen LogP contribution in [0.2, 0.25) is 5.02 Å². The van der Waals surface area contributed by atoms with Crippen molar-refractivity contribution in [1.29, 1.82) is 0 Å². The van der Waals surface area contributed by atoms with Crippen molar-refractivity contribution in [2.75, 3.05) is 26.2 Å². The Bertz CT molecular complexity index is 343. The van der Waals surface area contributed by atoms with Gasteiger partial charge in [0, 0.05) is 42.5 Å². The normalized spacial score (nSPS) is 18.3. The predicted molar refractivity (Wildman–Crippen MR) is 66.9 cm³/mol. The molecule has 1 aromatic heterocycles. The monoisotopic (exact) mass is 244 g/mol. The minimum atomic E-state index is 0.963. The number of piperazine rings is 1. The molecule has 1 aromatic rings. The van der Waals surface area contributed by atoms with E-state index in [9.17, 15) is 0 Å². The summed E-state index contributed by atoms with van der Waals surface area (Å²) in [6.07, 6.45) is 0. The Kier molecular flexibility index (Phi) is 3.67. The van der Waals surface area contributed by atoms with Crippen molar-refractivity contribution in [3.05, 3.63) is 20.3 Å². The van der Waals surface area contributed by atoms with Crippen molar-refractivity contribution in [1.82, 2.24) is 10.2 Å². The van der Waals surface area contributed by atoms with Crippen LogP contribution in [0.25, 0.3) is 0 Å². The second-order valence-corrected chi connectivity index (χ2v) is 5.73. The van der Waals surface area contributed by atoms with Crippen LogP contribution in [0.3, 0.4) is 0 Å². The van der Waals surface area contributed by atoms with Gasteiger partial charge in [-0.3, -0.25) is 4.90 Å². The molecular formula is C11H17ClN2S. The van der Waals surface area contributed by atoms with Gasteiger partial charge in [0.15, 0.2) is 0 Å². The highest BCUT2D eigenvalue weighted by Gasteiger charge is 2.15. The van der Waals surface area contributed by atoms with Crippen molar-refractivity contribution in [3.63, 3.8) is 0 Å². The van der Waals surface area contributed by atoms with Gasteiger partial charge in [0.1, 0.15) is 0 Å². The van der Waals surface area contributed by atoms with Gasteiger partial charge >= 0.3 is 0 Å². The summed E-state index contributed by atoms with van der Waals surface area (Å²) < 4.78 is 0. The van der Waals surface area contributed by atoms with E-state index in [2.05, 4.69) is 24.1 Å². The molecule has 4 heteroatoms. The molecule has 0 aromatic carbocycles. The number of nitrogens with one attached hydrogen (secondary N) is 1. The quantitative estimate of drug-likeness (QED) is 0.860. The topological polar surface area (TPSA) is 15.3 Å². The van der Waals surface area contributed by atoms with Crippen LogP contribution in [-0.2, 0) is 6.54 Å². The summed E-state index contributed by atoms with van der Waals surface area (Å²) in [6.45, 7) is 9.80. The molecule has 1 aliphatic rings.